The summed E-state index contributed by atoms with van der Waals surface area (Å²) < 4.78 is 19.6. The van der Waals surface area contributed by atoms with Gasteiger partial charge in [0.15, 0.2) is 0 Å². The maximum absolute atomic E-state index is 13.2. The highest BCUT2D eigenvalue weighted by atomic mass is 79.9. The van der Waals surface area contributed by atoms with Crippen molar-refractivity contribution in [3.8, 4) is 5.75 Å². The molecule has 0 bridgehead atoms. The second kappa shape index (κ2) is 5.70. The van der Waals surface area contributed by atoms with Gasteiger partial charge in [0.25, 0.3) is 0 Å². The molecule has 0 N–H and O–H groups in total. The summed E-state index contributed by atoms with van der Waals surface area (Å²) in [5.41, 5.74) is 0.235. The second-order valence-corrected chi connectivity index (χ2v) is 6.21. The molecule has 1 nitrogen and oxygen atoms in total. The third kappa shape index (κ3) is 3.44. The maximum Gasteiger partial charge on any atom is 0.128 e. The monoisotopic (exact) mass is 364 g/mol. The van der Waals surface area contributed by atoms with Gasteiger partial charge in [-0.3, -0.25) is 0 Å². The van der Waals surface area contributed by atoms with Crippen LogP contribution in [0.1, 0.15) is 25.7 Å². The van der Waals surface area contributed by atoms with E-state index >= 15 is 0 Å². The number of alkyl halides is 1. The molecule has 0 unspecified atom stereocenters. The molecule has 1 aromatic carbocycles. The lowest BCUT2D eigenvalue weighted by molar-refractivity contribution is 0.173. The van der Waals surface area contributed by atoms with Gasteiger partial charge in [0.05, 0.1) is 6.61 Å². The Labute approximate surface area is 118 Å². The first-order valence-corrected chi connectivity index (χ1v) is 7.70. The highest BCUT2D eigenvalue weighted by molar-refractivity contribution is 9.10. The molecule has 1 aliphatic rings. The van der Waals surface area contributed by atoms with Crippen LogP contribution in [0.5, 0.6) is 5.75 Å². The quantitative estimate of drug-likeness (QED) is 0.688. The van der Waals surface area contributed by atoms with Crippen LogP contribution in [0.15, 0.2) is 22.7 Å². The predicted molar refractivity (Wildman–Crippen MR) is 74.3 cm³/mol. The van der Waals surface area contributed by atoms with E-state index in [2.05, 4.69) is 31.9 Å². The van der Waals surface area contributed by atoms with E-state index in [1.54, 1.807) is 6.07 Å². The predicted octanol–water partition coefficient (Wildman–Crippen LogP) is 4.92. The Hall–Kier alpha value is -0.0900. The minimum absolute atomic E-state index is 0.235. The van der Waals surface area contributed by atoms with Gasteiger partial charge < -0.3 is 4.74 Å². The van der Waals surface area contributed by atoms with Crippen molar-refractivity contribution in [2.45, 2.75) is 25.7 Å². The van der Waals surface area contributed by atoms with Gasteiger partial charge in [0.2, 0.25) is 0 Å². The van der Waals surface area contributed by atoms with Gasteiger partial charge in [0.1, 0.15) is 11.6 Å². The molecule has 0 aliphatic heterocycles. The third-order valence-electron chi connectivity index (χ3n) is 3.33. The molecule has 1 saturated carbocycles. The number of hydrogen-bond donors (Lipinski definition) is 0. The summed E-state index contributed by atoms with van der Waals surface area (Å²) in [6, 6.07) is 4.67. The van der Waals surface area contributed by atoms with Crippen LogP contribution < -0.4 is 4.74 Å². The fourth-order valence-electron chi connectivity index (χ4n) is 2.29. The molecule has 1 aromatic rings. The minimum Gasteiger partial charge on any atom is -0.493 e. The molecular weight excluding hydrogens is 351 g/mol. The molecule has 0 atom stereocenters. The molecular formula is C13H15Br2FO. The number of rotatable bonds is 4. The second-order valence-electron chi connectivity index (χ2n) is 4.73. The van der Waals surface area contributed by atoms with Crippen LogP contribution in [0.3, 0.4) is 0 Å². The smallest absolute Gasteiger partial charge is 0.128 e. The summed E-state index contributed by atoms with van der Waals surface area (Å²) in [4.78, 5) is 0. The maximum atomic E-state index is 13.2. The van der Waals surface area contributed by atoms with E-state index < -0.39 is 0 Å². The Bertz CT molecular complexity index is 369. The highest BCUT2D eigenvalue weighted by Gasteiger charge is 2.33. The van der Waals surface area contributed by atoms with Gasteiger partial charge in [-0.25, -0.2) is 4.39 Å². The highest BCUT2D eigenvalue weighted by Crippen LogP contribution is 2.40. The Balaban J connectivity index is 2.01. The van der Waals surface area contributed by atoms with E-state index in [1.165, 1.54) is 37.8 Å². The van der Waals surface area contributed by atoms with Gasteiger partial charge in [-0.05, 0) is 25.0 Å². The molecule has 2 rings (SSSR count). The molecule has 0 amide bonds. The van der Waals surface area contributed by atoms with Crippen LogP contribution in [0.25, 0.3) is 0 Å². The topological polar surface area (TPSA) is 9.23 Å². The average Bonchev–Trinajstić information content (AvgIpc) is 2.74. The van der Waals surface area contributed by atoms with Crippen molar-refractivity contribution in [1.82, 2.24) is 0 Å². The zero-order valence-corrected chi connectivity index (χ0v) is 12.7. The van der Waals surface area contributed by atoms with Crippen molar-refractivity contribution < 1.29 is 9.13 Å². The zero-order valence-electron chi connectivity index (χ0n) is 9.52. The summed E-state index contributed by atoms with van der Waals surface area (Å²) in [7, 11) is 0. The molecule has 0 spiro atoms. The number of ether oxygens (including phenoxy) is 1. The average molecular weight is 366 g/mol. The van der Waals surface area contributed by atoms with E-state index in [9.17, 15) is 4.39 Å². The minimum atomic E-state index is -0.270. The SMILES string of the molecule is Fc1cc(Br)cc(OCC2(CBr)CCCC2)c1. The third-order valence-corrected chi connectivity index (χ3v) is 4.98. The summed E-state index contributed by atoms with van der Waals surface area (Å²) in [5.74, 6) is 0.331. The van der Waals surface area contributed by atoms with E-state index in [0.29, 0.717) is 16.8 Å². The summed E-state index contributed by atoms with van der Waals surface area (Å²) in [6.45, 7) is 0.661. The van der Waals surface area contributed by atoms with Crippen LogP contribution in [-0.4, -0.2) is 11.9 Å². The fraction of sp³-hybridized carbons (Fsp3) is 0.538. The first-order chi connectivity index (χ1) is 8.13. The lowest BCUT2D eigenvalue weighted by Crippen LogP contribution is -2.27. The largest absolute Gasteiger partial charge is 0.493 e. The van der Waals surface area contributed by atoms with Gasteiger partial charge in [0, 0.05) is 21.3 Å². The first-order valence-electron chi connectivity index (χ1n) is 5.78. The Morgan fingerprint density at radius 2 is 1.94 bits per heavy atom. The molecule has 17 heavy (non-hydrogen) atoms. The first kappa shape index (κ1) is 13.3. The van der Waals surface area contributed by atoms with Crippen molar-refractivity contribution in [3.05, 3.63) is 28.5 Å². The van der Waals surface area contributed by atoms with Crippen molar-refractivity contribution in [2.75, 3.05) is 11.9 Å². The summed E-state index contributed by atoms with van der Waals surface area (Å²) in [5, 5.41) is 0.955. The lowest BCUT2D eigenvalue weighted by Gasteiger charge is -2.26. The molecule has 0 heterocycles. The number of benzene rings is 1. The van der Waals surface area contributed by atoms with Gasteiger partial charge >= 0.3 is 0 Å². The van der Waals surface area contributed by atoms with E-state index in [0.717, 1.165) is 5.33 Å². The number of halogens is 3. The molecule has 4 heteroatoms. The Kier molecular flexibility index (Phi) is 4.47. The van der Waals surface area contributed by atoms with Gasteiger partial charge in [-0.1, -0.05) is 44.7 Å². The van der Waals surface area contributed by atoms with Gasteiger partial charge in [-0.2, -0.15) is 0 Å². The van der Waals surface area contributed by atoms with E-state index in [-0.39, 0.29) is 11.2 Å². The van der Waals surface area contributed by atoms with E-state index in [4.69, 9.17) is 4.74 Å². The van der Waals surface area contributed by atoms with Gasteiger partial charge in [-0.15, -0.1) is 0 Å². The summed E-state index contributed by atoms with van der Waals surface area (Å²) in [6.07, 6.45) is 4.91. The molecule has 1 fully saturated rings. The van der Waals surface area contributed by atoms with Crippen molar-refractivity contribution >= 4 is 31.9 Å². The van der Waals surface area contributed by atoms with Crippen molar-refractivity contribution in [1.29, 1.82) is 0 Å². The van der Waals surface area contributed by atoms with Crippen molar-refractivity contribution in [2.24, 2.45) is 5.41 Å². The van der Waals surface area contributed by atoms with Crippen LogP contribution in [0, 0.1) is 11.2 Å². The van der Waals surface area contributed by atoms with E-state index in [1.807, 2.05) is 0 Å². The van der Waals surface area contributed by atoms with Crippen LogP contribution >= 0.6 is 31.9 Å². The standard InChI is InChI=1S/C13H15Br2FO/c14-8-13(3-1-2-4-13)9-17-12-6-10(15)5-11(16)7-12/h5-7H,1-4,8-9H2. The Morgan fingerprint density at radius 1 is 1.24 bits per heavy atom. The molecule has 94 valence electrons. The molecule has 0 radical (unpaired) electrons. The van der Waals surface area contributed by atoms with Crippen LogP contribution in [0.2, 0.25) is 0 Å². The summed E-state index contributed by atoms with van der Waals surface area (Å²) >= 11 is 6.84. The lowest BCUT2D eigenvalue weighted by atomic mass is 9.90. The molecule has 1 aliphatic carbocycles. The Morgan fingerprint density at radius 3 is 2.53 bits per heavy atom. The van der Waals surface area contributed by atoms with Crippen LogP contribution in [0.4, 0.5) is 4.39 Å². The number of hydrogen-bond acceptors (Lipinski definition) is 1. The van der Waals surface area contributed by atoms with Crippen LogP contribution in [-0.2, 0) is 0 Å². The van der Waals surface area contributed by atoms with Crippen molar-refractivity contribution in [3.63, 3.8) is 0 Å². The molecule has 0 aromatic heterocycles. The zero-order chi connectivity index (χ0) is 12.3. The fourth-order valence-corrected chi connectivity index (χ4v) is 3.46. The normalized spacial score (nSPS) is 18.3. The molecule has 0 saturated heterocycles.